The molecule has 0 bridgehead atoms. The largest absolute Gasteiger partial charge is 0.373 e. The van der Waals surface area contributed by atoms with Gasteiger partial charge in [-0.3, -0.25) is 4.79 Å². The Morgan fingerprint density at radius 1 is 1.12 bits per heavy atom. The maximum absolute atomic E-state index is 12.3. The molecule has 0 aromatic heterocycles. The van der Waals surface area contributed by atoms with Crippen molar-refractivity contribution in [2.75, 3.05) is 13.2 Å². The fraction of sp³-hybridized carbons (Fsp3) is 0.381. The molecule has 0 aliphatic carbocycles. The van der Waals surface area contributed by atoms with E-state index in [0.29, 0.717) is 18.9 Å². The van der Waals surface area contributed by atoms with E-state index in [2.05, 4.69) is 17.4 Å². The highest BCUT2D eigenvalue weighted by atomic mass is 35.5. The van der Waals surface area contributed by atoms with Crippen LogP contribution in [-0.2, 0) is 9.53 Å². The molecule has 140 valence electrons. The first-order valence-electron chi connectivity index (χ1n) is 8.98. The van der Waals surface area contributed by atoms with Gasteiger partial charge in [0.1, 0.15) is 0 Å². The summed E-state index contributed by atoms with van der Waals surface area (Å²) < 4.78 is 5.98. The van der Waals surface area contributed by atoms with Crippen LogP contribution in [0.5, 0.6) is 0 Å². The predicted molar refractivity (Wildman–Crippen MR) is 106 cm³/mol. The van der Waals surface area contributed by atoms with Gasteiger partial charge in [-0.05, 0) is 24.0 Å². The van der Waals surface area contributed by atoms with Gasteiger partial charge in [0.05, 0.1) is 6.10 Å². The third-order valence-corrected chi connectivity index (χ3v) is 4.77. The second-order valence-electron chi connectivity index (χ2n) is 6.63. The molecule has 2 aromatic rings. The number of nitrogens with two attached hydrogens (primary N) is 1. The van der Waals surface area contributed by atoms with E-state index in [1.807, 2.05) is 48.5 Å². The van der Waals surface area contributed by atoms with E-state index in [4.69, 9.17) is 10.5 Å². The normalized spacial score (nSPS) is 20.7. The number of carbonyl (C=O) groups is 1. The van der Waals surface area contributed by atoms with Crippen molar-refractivity contribution >= 4 is 18.3 Å². The van der Waals surface area contributed by atoms with Crippen molar-refractivity contribution in [3.05, 3.63) is 71.8 Å². The topological polar surface area (TPSA) is 64.4 Å². The Morgan fingerprint density at radius 3 is 2.46 bits per heavy atom. The molecule has 5 heteroatoms. The average Bonchev–Trinajstić information content (AvgIpc) is 2.68. The molecule has 3 N–H and O–H groups in total. The number of nitrogens with one attached hydrogen (secondary N) is 1. The van der Waals surface area contributed by atoms with Gasteiger partial charge in [-0.25, -0.2) is 0 Å². The standard InChI is InChI=1S/C21H26N2O2.ClH/c22-19(16-8-3-1-4-9-16)14-20(24)23-15-18-12-7-13-25-21(18)17-10-5-2-6-11-17;/h1-6,8-11,18-19,21H,7,12-15,22H2,(H,23,24);1H. The molecule has 1 aliphatic rings. The van der Waals surface area contributed by atoms with Crippen LogP contribution in [0.4, 0.5) is 0 Å². The van der Waals surface area contributed by atoms with E-state index in [1.54, 1.807) is 0 Å². The van der Waals surface area contributed by atoms with Crippen molar-refractivity contribution < 1.29 is 9.53 Å². The molecule has 3 atom stereocenters. The maximum Gasteiger partial charge on any atom is 0.221 e. The average molecular weight is 375 g/mol. The lowest BCUT2D eigenvalue weighted by Gasteiger charge is -2.32. The fourth-order valence-electron chi connectivity index (χ4n) is 3.40. The molecule has 1 aliphatic heterocycles. The lowest BCUT2D eigenvalue weighted by molar-refractivity contribution is -0.122. The van der Waals surface area contributed by atoms with E-state index < -0.39 is 0 Å². The van der Waals surface area contributed by atoms with Crippen molar-refractivity contribution in [2.24, 2.45) is 11.7 Å². The summed E-state index contributed by atoms with van der Waals surface area (Å²) in [7, 11) is 0. The summed E-state index contributed by atoms with van der Waals surface area (Å²) in [6, 6.07) is 19.7. The van der Waals surface area contributed by atoms with Gasteiger partial charge in [0.2, 0.25) is 5.91 Å². The quantitative estimate of drug-likeness (QED) is 0.808. The number of hydrogen-bond donors (Lipinski definition) is 2. The lowest BCUT2D eigenvalue weighted by Crippen LogP contribution is -2.36. The Morgan fingerprint density at radius 2 is 1.77 bits per heavy atom. The Labute approximate surface area is 161 Å². The third-order valence-electron chi connectivity index (χ3n) is 4.77. The number of halogens is 1. The Kier molecular flexibility index (Phi) is 8.10. The van der Waals surface area contributed by atoms with E-state index >= 15 is 0 Å². The smallest absolute Gasteiger partial charge is 0.221 e. The van der Waals surface area contributed by atoms with Gasteiger partial charge >= 0.3 is 0 Å². The lowest BCUT2D eigenvalue weighted by atomic mass is 9.89. The summed E-state index contributed by atoms with van der Waals surface area (Å²) in [5, 5.41) is 3.05. The van der Waals surface area contributed by atoms with Gasteiger partial charge < -0.3 is 15.8 Å². The molecule has 0 saturated carbocycles. The first-order chi connectivity index (χ1) is 12.2. The van der Waals surface area contributed by atoms with Crippen molar-refractivity contribution in [3.63, 3.8) is 0 Å². The van der Waals surface area contributed by atoms with E-state index in [9.17, 15) is 4.79 Å². The van der Waals surface area contributed by atoms with Crippen molar-refractivity contribution in [2.45, 2.75) is 31.4 Å². The monoisotopic (exact) mass is 374 g/mol. The molecule has 0 spiro atoms. The number of carbonyl (C=O) groups excluding carboxylic acids is 1. The molecule has 1 saturated heterocycles. The zero-order valence-electron chi connectivity index (χ0n) is 14.8. The summed E-state index contributed by atoms with van der Waals surface area (Å²) >= 11 is 0. The Hall–Kier alpha value is -1.88. The first-order valence-corrected chi connectivity index (χ1v) is 8.98. The molecule has 1 fully saturated rings. The van der Waals surface area contributed by atoms with Crippen molar-refractivity contribution in [1.82, 2.24) is 5.32 Å². The van der Waals surface area contributed by atoms with Crippen LogP contribution in [0.2, 0.25) is 0 Å². The van der Waals surface area contributed by atoms with Crippen LogP contribution in [0.1, 0.15) is 42.5 Å². The summed E-state index contributed by atoms with van der Waals surface area (Å²) in [5.41, 5.74) is 8.31. The minimum Gasteiger partial charge on any atom is -0.373 e. The first kappa shape index (κ1) is 20.4. The van der Waals surface area contributed by atoms with Gasteiger partial charge in [-0.1, -0.05) is 60.7 Å². The molecule has 3 unspecified atom stereocenters. The van der Waals surface area contributed by atoms with Crippen LogP contribution >= 0.6 is 12.4 Å². The minimum absolute atomic E-state index is 0. The molecule has 1 heterocycles. The third kappa shape index (κ3) is 5.56. The maximum atomic E-state index is 12.3. The van der Waals surface area contributed by atoms with Gasteiger partial charge in [0.15, 0.2) is 0 Å². The zero-order chi connectivity index (χ0) is 17.5. The summed E-state index contributed by atoms with van der Waals surface area (Å²) in [5.74, 6) is 0.293. The molecular formula is C21H27ClN2O2. The van der Waals surface area contributed by atoms with E-state index in [-0.39, 0.29) is 30.5 Å². The molecule has 2 aromatic carbocycles. The molecule has 4 nitrogen and oxygen atoms in total. The predicted octanol–water partition coefficient (Wildman–Crippen LogP) is 3.78. The van der Waals surface area contributed by atoms with Crippen LogP contribution < -0.4 is 11.1 Å². The fourth-order valence-corrected chi connectivity index (χ4v) is 3.40. The highest BCUT2D eigenvalue weighted by molar-refractivity contribution is 5.85. The van der Waals surface area contributed by atoms with E-state index in [1.165, 1.54) is 5.56 Å². The summed E-state index contributed by atoms with van der Waals surface area (Å²) in [6.45, 7) is 1.41. The van der Waals surface area contributed by atoms with Gasteiger partial charge in [0, 0.05) is 31.5 Å². The van der Waals surface area contributed by atoms with E-state index in [0.717, 1.165) is 25.0 Å². The van der Waals surface area contributed by atoms with Gasteiger partial charge in [-0.2, -0.15) is 0 Å². The minimum atomic E-state index is -0.270. The number of benzene rings is 2. The number of ether oxygens (including phenoxy) is 1. The molecule has 26 heavy (non-hydrogen) atoms. The van der Waals surface area contributed by atoms with Crippen molar-refractivity contribution in [1.29, 1.82) is 0 Å². The Balaban J connectivity index is 0.00000243. The molecule has 3 rings (SSSR count). The SMILES string of the molecule is Cl.NC(CC(=O)NCC1CCCOC1c1ccccc1)c1ccccc1. The van der Waals surface area contributed by atoms with Crippen LogP contribution in [0.3, 0.4) is 0 Å². The summed E-state index contributed by atoms with van der Waals surface area (Å²) in [4.78, 5) is 12.3. The second kappa shape index (κ2) is 10.3. The van der Waals surface area contributed by atoms with Crippen LogP contribution in [0.25, 0.3) is 0 Å². The van der Waals surface area contributed by atoms with Crippen LogP contribution in [-0.4, -0.2) is 19.1 Å². The number of rotatable bonds is 6. The second-order valence-corrected chi connectivity index (χ2v) is 6.63. The molecule has 0 radical (unpaired) electrons. The Bertz CT molecular complexity index is 666. The molecule has 1 amide bonds. The highest BCUT2D eigenvalue weighted by Gasteiger charge is 2.27. The molecular weight excluding hydrogens is 348 g/mol. The highest BCUT2D eigenvalue weighted by Crippen LogP contribution is 2.33. The van der Waals surface area contributed by atoms with Gasteiger partial charge in [0.25, 0.3) is 0 Å². The van der Waals surface area contributed by atoms with Crippen molar-refractivity contribution in [3.8, 4) is 0 Å². The number of hydrogen-bond acceptors (Lipinski definition) is 3. The van der Waals surface area contributed by atoms with Crippen LogP contribution in [0.15, 0.2) is 60.7 Å². The zero-order valence-corrected chi connectivity index (χ0v) is 15.7. The summed E-state index contributed by atoms with van der Waals surface area (Å²) in [6.07, 6.45) is 2.45. The number of amides is 1. The van der Waals surface area contributed by atoms with Crippen LogP contribution in [0, 0.1) is 5.92 Å². The van der Waals surface area contributed by atoms with Gasteiger partial charge in [-0.15, -0.1) is 12.4 Å².